The van der Waals surface area contributed by atoms with Crippen molar-refractivity contribution in [3.8, 4) is 5.75 Å². The standard InChI is InChI=1S/C25H31NO6S/c1-4-30-18-13-11-17(12-14-18)15-20(27)26-23-21(24(28)31-5-2)16(3)22(33-23)25(29)32-19-9-7-6-8-10-19/h11-14,19H,4-10,15H2,1-3H3,(H,26,27). The molecule has 8 heteroatoms. The largest absolute Gasteiger partial charge is 0.494 e. The fourth-order valence-electron chi connectivity index (χ4n) is 3.86. The van der Waals surface area contributed by atoms with Crippen LogP contribution in [-0.2, 0) is 20.7 Å². The number of amides is 1. The van der Waals surface area contributed by atoms with Crippen molar-refractivity contribution in [2.45, 2.75) is 65.4 Å². The second-order valence-corrected chi connectivity index (χ2v) is 8.97. The molecule has 1 aromatic heterocycles. The third kappa shape index (κ3) is 6.57. The summed E-state index contributed by atoms with van der Waals surface area (Å²) < 4.78 is 16.3. The van der Waals surface area contributed by atoms with Crippen LogP contribution < -0.4 is 10.1 Å². The highest BCUT2D eigenvalue weighted by molar-refractivity contribution is 7.18. The van der Waals surface area contributed by atoms with Gasteiger partial charge in [0.15, 0.2) is 0 Å². The van der Waals surface area contributed by atoms with Crippen molar-refractivity contribution in [1.29, 1.82) is 0 Å². The number of carbonyl (C=O) groups excluding carboxylic acids is 3. The Balaban J connectivity index is 1.77. The molecule has 0 atom stereocenters. The van der Waals surface area contributed by atoms with Crippen molar-refractivity contribution < 1.29 is 28.6 Å². The number of hydrogen-bond acceptors (Lipinski definition) is 7. The van der Waals surface area contributed by atoms with E-state index in [1.54, 1.807) is 13.8 Å². The molecular formula is C25H31NO6S. The monoisotopic (exact) mass is 473 g/mol. The number of carbonyl (C=O) groups is 3. The van der Waals surface area contributed by atoms with Gasteiger partial charge in [0.2, 0.25) is 5.91 Å². The van der Waals surface area contributed by atoms with E-state index >= 15 is 0 Å². The van der Waals surface area contributed by atoms with Crippen LogP contribution >= 0.6 is 11.3 Å². The van der Waals surface area contributed by atoms with Gasteiger partial charge in [-0.3, -0.25) is 4.79 Å². The van der Waals surface area contributed by atoms with Crippen molar-refractivity contribution >= 4 is 34.2 Å². The van der Waals surface area contributed by atoms with Crippen LogP contribution in [0, 0.1) is 6.92 Å². The Morgan fingerprint density at radius 3 is 2.33 bits per heavy atom. The summed E-state index contributed by atoms with van der Waals surface area (Å²) in [5, 5.41) is 3.10. The SMILES string of the molecule is CCOC(=O)c1c(NC(=O)Cc2ccc(OCC)cc2)sc(C(=O)OC2CCCCC2)c1C. The molecule has 1 N–H and O–H groups in total. The van der Waals surface area contributed by atoms with Gasteiger partial charge in [-0.25, -0.2) is 9.59 Å². The third-order valence-electron chi connectivity index (χ3n) is 5.49. The summed E-state index contributed by atoms with van der Waals surface area (Å²) in [4.78, 5) is 38.5. The fraction of sp³-hybridized carbons (Fsp3) is 0.480. The first kappa shape index (κ1) is 24.8. The highest BCUT2D eigenvalue weighted by Crippen LogP contribution is 2.35. The zero-order valence-corrected chi connectivity index (χ0v) is 20.2. The molecule has 1 saturated carbocycles. The smallest absolute Gasteiger partial charge is 0.348 e. The van der Waals surface area contributed by atoms with Gasteiger partial charge >= 0.3 is 11.9 Å². The number of thiophene rings is 1. The van der Waals surface area contributed by atoms with E-state index in [2.05, 4.69) is 5.32 Å². The molecule has 7 nitrogen and oxygen atoms in total. The maximum absolute atomic E-state index is 12.9. The van der Waals surface area contributed by atoms with Crippen molar-refractivity contribution in [2.75, 3.05) is 18.5 Å². The van der Waals surface area contributed by atoms with Crippen LogP contribution in [0.15, 0.2) is 24.3 Å². The molecule has 1 aliphatic rings. The summed E-state index contributed by atoms with van der Waals surface area (Å²) >= 11 is 1.06. The molecule has 1 fully saturated rings. The normalized spacial score (nSPS) is 13.9. The van der Waals surface area contributed by atoms with Crippen LogP contribution in [0.2, 0.25) is 0 Å². The van der Waals surface area contributed by atoms with Gasteiger partial charge in [0.05, 0.1) is 25.2 Å². The summed E-state index contributed by atoms with van der Waals surface area (Å²) in [5.41, 5.74) is 1.48. The first-order valence-electron chi connectivity index (χ1n) is 11.5. The molecule has 0 bridgehead atoms. The summed E-state index contributed by atoms with van der Waals surface area (Å²) in [6.45, 7) is 6.06. The summed E-state index contributed by atoms with van der Waals surface area (Å²) in [5.74, 6) is -0.583. The average Bonchev–Trinajstić information content (AvgIpc) is 3.12. The molecule has 0 radical (unpaired) electrons. The van der Waals surface area contributed by atoms with Crippen molar-refractivity contribution in [3.63, 3.8) is 0 Å². The summed E-state index contributed by atoms with van der Waals surface area (Å²) in [6.07, 6.45) is 4.97. The van der Waals surface area contributed by atoms with E-state index in [9.17, 15) is 14.4 Å². The van der Waals surface area contributed by atoms with E-state index in [0.29, 0.717) is 22.0 Å². The summed E-state index contributed by atoms with van der Waals surface area (Å²) in [6, 6.07) is 7.27. The molecule has 33 heavy (non-hydrogen) atoms. The molecule has 1 aliphatic carbocycles. The molecule has 1 amide bonds. The molecule has 0 unspecified atom stereocenters. The van der Waals surface area contributed by atoms with E-state index < -0.39 is 11.9 Å². The van der Waals surface area contributed by atoms with Crippen molar-refractivity contribution in [1.82, 2.24) is 0 Å². The maximum atomic E-state index is 12.9. The minimum absolute atomic E-state index is 0.100. The first-order valence-corrected chi connectivity index (χ1v) is 12.3. The number of anilines is 1. The quantitative estimate of drug-likeness (QED) is 0.497. The summed E-state index contributed by atoms with van der Waals surface area (Å²) in [7, 11) is 0. The molecule has 0 aliphatic heterocycles. The number of rotatable bonds is 9. The van der Waals surface area contributed by atoms with Crippen molar-refractivity contribution in [2.24, 2.45) is 0 Å². The molecule has 1 heterocycles. The number of hydrogen-bond donors (Lipinski definition) is 1. The maximum Gasteiger partial charge on any atom is 0.348 e. The van der Waals surface area contributed by atoms with E-state index in [1.165, 1.54) is 0 Å². The first-order chi connectivity index (χ1) is 15.9. The zero-order chi connectivity index (χ0) is 23.8. The second-order valence-electron chi connectivity index (χ2n) is 7.95. The Morgan fingerprint density at radius 1 is 1.00 bits per heavy atom. The number of ether oxygens (including phenoxy) is 3. The third-order valence-corrected chi connectivity index (χ3v) is 6.68. The predicted octanol–water partition coefficient (Wildman–Crippen LogP) is 5.30. The molecule has 0 saturated heterocycles. The lowest BCUT2D eigenvalue weighted by Crippen LogP contribution is -2.21. The molecule has 1 aromatic carbocycles. The van der Waals surface area contributed by atoms with Crippen LogP contribution in [0.1, 0.15) is 77.1 Å². The van der Waals surface area contributed by atoms with Crippen LogP contribution in [0.4, 0.5) is 5.00 Å². The lowest BCUT2D eigenvalue weighted by atomic mass is 9.98. The number of nitrogens with one attached hydrogen (secondary N) is 1. The Hall–Kier alpha value is -2.87. The molecule has 0 spiro atoms. The Morgan fingerprint density at radius 2 is 1.70 bits per heavy atom. The van der Waals surface area contributed by atoms with Crippen LogP contribution in [0.3, 0.4) is 0 Å². The number of esters is 2. The van der Waals surface area contributed by atoms with E-state index in [0.717, 1.165) is 54.8 Å². The van der Waals surface area contributed by atoms with Gasteiger partial charge in [-0.2, -0.15) is 0 Å². The van der Waals surface area contributed by atoms with Gasteiger partial charge in [-0.15, -0.1) is 11.3 Å². The molecule has 2 aromatic rings. The van der Waals surface area contributed by atoms with Crippen LogP contribution in [0.5, 0.6) is 5.75 Å². The van der Waals surface area contributed by atoms with Gasteiger partial charge < -0.3 is 19.5 Å². The van der Waals surface area contributed by atoms with Gasteiger partial charge in [0.25, 0.3) is 0 Å². The highest BCUT2D eigenvalue weighted by atomic mass is 32.1. The van der Waals surface area contributed by atoms with Crippen LogP contribution in [-0.4, -0.2) is 37.2 Å². The number of benzene rings is 1. The minimum Gasteiger partial charge on any atom is -0.494 e. The van der Waals surface area contributed by atoms with Gasteiger partial charge in [0.1, 0.15) is 21.7 Å². The topological polar surface area (TPSA) is 90.9 Å². The highest BCUT2D eigenvalue weighted by Gasteiger charge is 2.29. The van der Waals surface area contributed by atoms with E-state index in [-0.39, 0.29) is 30.6 Å². The van der Waals surface area contributed by atoms with Crippen molar-refractivity contribution in [3.05, 3.63) is 45.8 Å². The van der Waals surface area contributed by atoms with E-state index in [1.807, 2.05) is 31.2 Å². The van der Waals surface area contributed by atoms with Gasteiger partial charge in [-0.05, 0) is 69.7 Å². The van der Waals surface area contributed by atoms with Gasteiger partial charge in [0, 0.05) is 0 Å². The fourth-order valence-corrected chi connectivity index (χ4v) is 4.95. The van der Waals surface area contributed by atoms with E-state index in [4.69, 9.17) is 14.2 Å². The minimum atomic E-state index is -0.570. The Labute approximate surface area is 198 Å². The zero-order valence-electron chi connectivity index (χ0n) is 19.4. The lowest BCUT2D eigenvalue weighted by molar-refractivity contribution is -0.115. The second kappa shape index (κ2) is 11.8. The Bertz CT molecular complexity index is 976. The lowest BCUT2D eigenvalue weighted by Gasteiger charge is -2.21. The Kier molecular flexibility index (Phi) is 8.88. The van der Waals surface area contributed by atoms with Crippen LogP contribution in [0.25, 0.3) is 0 Å². The predicted molar refractivity (Wildman–Crippen MR) is 127 cm³/mol. The average molecular weight is 474 g/mol. The van der Waals surface area contributed by atoms with Gasteiger partial charge in [-0.1, -0.05) is 18.6 Å². The molecule has 178 valence electrons. The molecular weight excluding hydrogens is 442 g/mol. The molecule has 3 rings (SSSR count).